The fourth-order valence-electron chi connectivity index (χ4n) is 3.02. The molecule has 0 radical (unpaired) electrons. The van der Waals surface area contributed by atoms with Crippen molar-refractivity contribution in [1.82, 2.24) is 20.1 Å². The van der Waals surface area contributed by atoms with E-state index in [0.717, 1.165) is 36.9 Å². The first-order chi connectivity index (χ1) is 11.6. The Bertz CT molecular complexity index is 650. The molecule has 2 aromatic rings. The Hall–Kier alpha value is -2.06. The molecule has 2 aromatic heterocycles. The van der Waals surface area contributed by atoms with E-state index in [1.807, 2.05) is 24.6 Å². The fourth-order valence-corrected chi connectivity index (χ4v) is 3.65. The molecule has 8 heteroatoms. The summed E-state index contributed by atoms with van der Waals surface area (Å²) in [5.74, 6) is 0.969. The molecule has 0 aliphatic carbocycles. The summed E-state index contributed by atoms with van der Waals surface area (Å²) in [7, 11) is 3.76. The van der Waals surface area contributed by atoms with Gasteiger partial charge >= 0.3 is 0 Å². The first-order valence-corrected chi connectivity index (χ1v) is 8.92. The molecule has 1 fully saturated rings. The third-order valence-electron chi connectivity index (χ3n) is 4.24. The number of aromatic nitrogens is 3. The first kappa shape index (κ1) is 16.8. The number of thiazole rings is 1. The highest BCUT2D eigenvalue weighted by molar-refractivity contribution is 7.13. The van der Waals surface area contributed by atoms with Gasteiger partial charge in [0.1, 0.15) is 0 Å². The van der Waals surface area contributed by atoms with Crippen molar-refractivity contribution in [3.05, 3.63) is 29.9 Å². The van der Waals surface area contributed by atoms with E-state index < -0.39 is 0 Å². The average molecular weight is 346 g/mol. The highest BCUT2D eigenvalue weighted by Crippen LogP contribution is 2.23. The van der Waals surface area contributed by atoms with Gasteiger partial charge in [0, 0.05) is 44.0 Å². The minimum atomic E-state index is 0.0523. The van der Waals surface area contributed by atoms with Crippen molar-refractivity contribution < 1.29 is 4.79 Å². The highest BCUT2D eigenvalue weighted by atomic mass is 32.1. The molecule has 0 unspecified atom stereocenters. The molecule has 7 nitrogen and oxygen atoms in total. The summed E-state index contributed by atoms with van der Waals surface area (Å²) in [6.45, 7) is 2.19. The van der Waals surface area contributed by atoms with Crippen molar-refractivity contribution in [2.75, 3.05) is 43.5 Å². The molecule has 24 heavy (non-hydrogen) atoms. The molecule has 1 aliphatic rings. The first-order valence-electron chi connectivity index (χ1n) is 8.04. The van der Waals surface area contributed by atoms with E-state index in [4.69, 9.17) is 0 Å². The number of anilines is 2. The number of carbonyl (C=O) groups excluding carboxylic acids is 1. The number of amides is 1. The summed E-state index contributed by atoms with van der Waals surface area (Å²) in [6, 6.07) is 4.27. The highest BCUT2D eigenvalue weighted by Gasteiger charge is 2.27. The number of nitrogens with zero attached hydrogens (tertiary/aromatic N) is 6. The Morgan fingerprint density at radius 2 is 2.29 bits per heavy atom. The Morgan fingerprint density at radius 1 is 1.42 bits per heavy atom. The summed E-state index contributed by atoms with van der Waals surface area (Å²) in [4.78, 5) is 22.6. The van der Waals surface area contributed by atoms with Crippen LogP contribution in [0.3, 0.4) is 0 Å². The molecule has 0 bridgehead atoms. The molecule has 0 saturated carbocycles. The maximum atomic E-state index is 12.4. The minimum absolute atomic E-state index is 0.0523. The number of hydrogen-bond acceptors (Lipinski definition) is 7. The van der Waals surface area contributed by atoms with Gasteiger partial charge in [-0.3, -0.25) is 14.6 Å². The van der Waals surface area contributed by atoms with E-state index in [0.29, 0.717) is 12.6 Å². The van der Waals surface area contributed by atoms with Crippen LogP contribution < -0.4 is 9.80 Å². The van der Waals surface area contributed by atoms with Crippen LogP contribution in [0.1, 0.15) is 12.8 Å². The lowest BCUT2D eigenvalue weighted by Crippen LogP contribution is -2.43. The van der Waals surface area contributed by atoms with Crippen LogP contribution in [0.2, 0.25) is 0 Å². The zero-order valence-electron chi connectivity index (χ0n) is 14.0. The number of likely N-dealkylation sites (N-methyl/N-ethyl adjacent to an activating group) is 2. The molecule has 0 N–H and O–H groups in total. The third kappa shape index (κ3) is 3.88. The fraction of sp³-hybridized carbons (Fsp3) is 0.500. The predicted octanol–water partition coefficient (Wildman–Crippen LogP) is 1.50. The van der Waals surface area contributed by atoms with Crippen LogP contribution >= 0.6 is 11.3 Å². The second-order valence-corrected chi connectivity index (χ2v) is 6.91. The lowest BCUT2D eigenvalue weighted by atomic mass is 10.2. The topological polar surface area (TPSA) is 65.5 Å². The van der Waals surface area contributed by atoms with Gasteiger partial charge in [0.05, 0.1) is 6.54 Å². The molecule has 3 rings (SSSR count). The summed E-state index contributed by atoms with van der Waals surface area (Å²) >= 11 is 1.47. The van der Waals surface area contributed by atoms with Gasteiger partial charge in [-0.05, 0) is 32.0 Å². The van der Waals surface area contributed by atoms with Gasteiger partial charge in [0.25, 0.3) is 0 Å². The van der Waals surface area contributed by atoms with E-state index in [2.05, 4.69) is 25.0 Å². The van der Waals surface area contributed by atoms with Gasteiger partial charge in [-0.25, -0.2) is 4.98 Å². The van der Waals surface area contributed by atoms with E-state index >= 15 is 0 Å². The summed E-state index contributed by atoms with van der Waals surface area (Å²) in [6.07, 6.45) is 5.65. The Kier molecular flexibility index (Phi) is 5.37. The Morgan fingerprint density at radius 3 is 3.00 bits per heavy atom. The molecule has 0 spiro atoms. The van der Waals surface area contributed by atoms with Crippen molar-refractivity contribution in [2.24, 2.45) is 0 Å². The Labute approximate surface area is 145 Å². The van der Waals surface area contributed by atoms with Crippen molar-refractivity contribution in [1.29, 1.82) is 0 Å². The summed E-state index contributed by atoms with van der Waals surface area (Å²) < 4.78 is 0. The van der Waals surface area contributed by atoms with Crippen LogP contribution in [0.5, 0.6) is 0 Å². The molecule has 1 saturated heterocycles. The predicted molar refractivity (Wildman–Crippen MR) is 95.4 cm³/mol. The quantitative estimate of drug-likeness (QED) is 0.790. The second kappa shape index (κ2) is 7.67. The lowest BCUT2D eigenvalue weighted by molar-refractivity contribution is -0.119. The van der Waals surface area contributed by atoms with Crippen molar-refractivity contribution in [3.8, 4) is 0 Å². The molecule has 1 atom stereocenters. The maximum Gasteiger partial charge on any atom is 0.242 e. The number of carbonyl (C=O) groups is 1. The third-order valence-corrected chi connectivity index (χ3v) is 5.09. The monoisotopic (exact) mass is 346 g/mol. The van der Waals surface area contributed by atoms with Crippen LogP contribution in [-0.4, -0.2) is 65.8 Å². The van der Waals surface area contributed by atoms with Gasteiger partial charge in [0.2, 0.25) is 5.91 Å². The average Bonchev–Trinajstić information content (AvgIpc) is 3.26. The second-order valence-electron chi connectivity index (χ2n) is 6.04. The smallest absolute Gasteiger partial charge is 0.242 e. The van der Waals surface area contributed by atoms with Crippen LogP contribution in [-0.2, 0) is 4.79 Å². The molecule has 1 amide bonds. The minimum Gasteiger partial charge on any atom is -0.351 e. The van der Waals surface area contributed by atoms with Gasteiger partial charge in [-0.15, -0.1) is 16.4 Å². The molecular formula is C16H22N6OS. The molecule has 0 aromatic carbocycles. The van der Waals surface area contributed by atoms with Gasteiger partial charge in [0.15, 0.2) is 10.9 Å². The number of hydrogen-bond donors (Lipinski definition) is 0. The zero-order valence-corrected chi connectivity index (χ0v) is 14.8. The Balaban J connectivity index is 1.56. The van der Waals surface area contributed by atoms with Crippen molar-refractivity contribution in [2.45, 2.75) is 18.9 Å². The van der Waals surface area contributed by atoms with Gasteiger partial charge in [-0.1, -0.05) is 0 Å². The van der Waals surface area contributed by atoms with Crippen molar-refractivity contribution >= 4 is 28.2 Å². The van der Waals surface area contributed by atoms with Crippen LogP contribution in [0.4, 0.5) is 10.9 Å². The van der Waals surface area contributed by atoms with Crippen LogP contribution in [0.15, 0.2) is 29.9 Å². The summed E-state index contributed by atoms with van der Waals surface area (Å²) in [5, 5.41) is 10.8. The van der Waals surface area contributed by atoms with Crippen LogP contribution in [0.25, 0.3) is 0 Å². The van der Waals surface area contributed by atoms with Crippen LogP contribution in [0, 0.1) is 0 Å². The largest absolute Gasteiger partial charge is 0.351 e. The maximum absolute atomic E-state index is 12.4. The lowest BCUT2D eigenvalue weighted by Gasteiger charge is -2.29. The van der Waals surface area contributed by atoms with E-state index in [-0.39, 0.29) is 5.91 Å². The molecule has 128 valence electrons. The number of rotatable bonds is 6. The standard InChI is InChI=1S/C16H22N6OS/c1-20(12-15(23)21(2)16-17-8-10-24-16)11-13-5-4-9-22(13)14-6-3-7-18-19-14/h3,6-8,10,13H,4-5,9,11-12H2,1-2H3/t13-/m0/s1. The van der Waals surface area contributed by atoms with Crippen molar-refractivity contribution in [3.63, 3.8) is 0 Å². The zero-order chi connectivity index (χ0) is 16.9. The normalized spacial score (nSPS) is 17.5. The van der Waals surface area contributed by atoms with E-state index in [1.54, 1.807) is 24.3 Å². The van der Waals surface area contributed by atoms with E-state index in [9.17, 15) is 4.79 Å². The molecule has 3 heterocycles. The molecule has 1 aliphatic heterocycles. The van der Waals surface area contributed by atoms with Gasteiger partial charge < -0.3 is 4.90 Å². The summed E-state index contributed by atoms with van der Waals surface area (Å²) in [5.41, 5.74) is 0. The SMILES string of the molecule is CN(CC(=O)N(C)c1nccs1)C[C@@H]1CCCN1c1cccnn1. The molecular weight excluding hydrogens is 324 g/mol. The van der Waals surface area contributed by atoms with Gasteiger partial charge in [-0.2, -0.15) is 5.10 Å². The van der Waals surface area contributed by atoms with E-state index in [1.165, 1.54) is 11.3 Å².